The van der Waals surface area contributed by atoms with E-state index in [0.717, 1.165) is 12.1 Å². The minimum Gasteiger partial charge on any atom is -0.410 e. The van der Waals surface area contributed by atoms with Crippen LogP contribution in [-0.4, -0.2) is 20.3 Å². The Bertz CT molecular complexity index is 1220. The Morgan fingerprint density at radius 3 is 2.39 bits per heavy atom. The Morgan fingerprint density at radius 1 is 0.929 bits per heavy atom. The molecular formula is C20H13F3N4O. The quantitative estimate of drug-likeness (QED) is 0.241. The summed E-state index contributed by atoms with van der Waals surface area (Å²) in [6.45, 7) is 0. The summed E-state index contributed by atoms with van der Waals surface area (Å²) in [6.07, 6.45) is 1.54. The molecule has 8 heteroatoms. The van der Waals surface area contributed by atoms with Gasteiger partial charge in [-0.15, -0.1) is 0 Å². The summed E-state index contributed by atoms with van der Waals surface area (Å²) < 4.78 is 42.8. The van der Waals surface area contributed by atoms with Crippen LogP contribution in [0.2, 0.25) is 0 Å². The second kappa shape index (κ2) is 6.73. The van der Waals surface area contributed by atoms with Gasteiger partial charge in [-0.2, -0.15) is 0 Å². The van der Waals surface area contributed by atoms with E-state index in [4.69, 9.17) is 5.73 Å². The number of nitrogen functional groups attached to an aromatic ring is 1. The second-order valence-electron chi connectivity index (χ2n) is 6.03. The van der Waals surface area contributed by atoms with Gasteiger partial charge in [0.1, 0.15) is 11.4 Å². The monoisotopic (exact) mass is 382 g/mol. The zero-order chi connectivity index (χ0) is 19.8. The highest BCUT2D eigenvalue weighted by molar-refractivity contribution is 6.12. The van der Waals surface area contributed by atoms with Gasteiger partial charge in [0.05, 0.1) is 5.69 Å². The molecule has 0 atom stereocenters. The third-order valence-electron chi connectivity index (χ3n) is 4.36. The average molecular weight is 382 g/mol. The number of hydrogen-bond donors (Lipinski definition) is 2. The number of pyridine rings is 1. The summed E-state index contributed by atoms with van der Waals surface area (Å²) in [4.78, 5) is 4.14. The molecular weight excluding hydrogens is 369 g/mol. The van der Waals surface area contributed by atoms with Crippen molar-refractivity contribution in [2.45, 2.75) is 0 Å². The van der Waals surface area contributed by atoms with Gasteiger partial charge >= 0.3 is 0 Å². The molecule has 0 saturated carbocycles. The molecule has 0 unspecified atom stereocenters. The van der Waals surface area contributed by atoms with E-state index in [2.05, 4.69) is 10.1 Å². The van der Waals surface area contributed by atoms with Crippen LogP contribution in [0.25, 0.3) is 16.9 Å². The van der Waals surface area contributed by atoms with Gasteiger partial charge in [-0.25, -0.2) is 18.2 Å². The molecule has 0 aliphatic heterocycles. The largest absolute Gasteiger partial charge is 0.410 e. The smallest absolute Gasteiger partial charge is 0.195 e. The van der Waals surface area contributed by atoms with Crippen LogP contribution in [0.5, 0.6) is 0 Å². The molecule has 0 spiro atoms. The molecule has 4 rings (SSSR count). The molecule has 0 saturated heterocycles. The first-order chi connectivity index (χ1) is 13.5. The van der Waals surface area contributed by atoms with Gasteiger partial charge < -0.3 is 10.9 Å². The van der Waals surface area contributed by atoms with Gasteiger partial charge in [0.25, 0.3) is 0 Å². The first-order valence-corrected chi connectivity index (χ1v) is 8.20. The maximum atomic E-state index is 14.3. The van der Waals surface area contributed by atoms with Crippen molar-refractivity contribution in [1.82, 2.24) is 9.38 Å². The molecule has 2 aromatic heterocycles. The zero-order valence-corrected chi connectivity index (χ0v) is 14.3. The van der Waals surface area contributed by atoms with E-state index in [0.29, 0.717) is 16.8 Å². The number of halogens is 3. The Balaban J connectivity index is 1.94. The number of aromatic nitrogens is 2. The summed E-state index contributed by atoms with van der Waals surface area (Å²) in [6, 6.07) is 14.1. The van der Waals surface area contributed by atoms with Gasteiger partial charge in [0.2, 0.25) is 0 Å². The Kier molecular flexibility index (Phi) is 4.23. The van der Waals surface area contributed by atoms with Gasteiger partial charge in [0.15, 0.2) is 23.3 Å². The molecule has 0 aliphatic rings. The first-order valence-electron chi connectivity index (χ1n) is 8.20. The van der Waals surface area contributed by atoms with Crippen molar-refractivity contribution in [3.8, 4) is 11.3 Å². The Labute approximate surface area is 157 Å². The summed E-state index contributed by atoms with van der Waals surface area (Å²) in [5, 5.41) is 12.9. The molecule has 0 radical (unpaired) electrons. The molecule has 0 aliphatic carbocycles. The number of nitrogens with two attached hydrogens (primary N) is 1. The molecule has 2 heterocycles. The molecule has 140 valence electrons. The Morgan fingerprint density at radius 2 is 1.68 bits per heavy atom. The van der Waals surface area contributed by atoms with E-state index in [1.54, 1.807) is 36.4 Å². The minimum absolute atomic E-state index is 0.0516. The highest BCUT2D eigenvalue weighted by Gasteiger charge is 2.21. The summed E-state index contributed by atoms with van der Waals surface area (Å²) in [5.74, 6) is -4.31. The number of nitrogens with zero attached hydrogens (tertiary/aromatic N) is 3. The zero-order valence-electron chi connectivity index (χ0n) is 14.3. The van der Waals surface area contributed by atoms with Crippen LogP contribution in [0.1, 0.15) is 11.1 Å². The van der Waals surface area contributed by atoms with Crippen molar-refractivity contribution in [3.05, 3.63) is 89.4 Å². The van der Waals surface area contributed by atoms with Crippen molar-refractivity contribution < 1.29 is 18.4 Å². The fraction of sp³-hybridized carbons (Fsp3) is 0. The van der Waals surface area contributed by atoms with E-state index in [-0.39, 0.29) is 22.8 Å². The van der Waals surface area contributed by atoms with Crippen LogP contribution in [0.3, 0.4) is 0 Å². The van der Waals surface area contributed by atoms with Crippen molar-refractivity contribution >= 4 is 17.2 Å². The number of hydrogen-bond acceptors (Lipinski definition) is 4. The predicted octanol–water partition coefficient (Wildman–Crippen LogP) is 4.23. The average Bonchev–Trinajstić information content (AvgIpc) is 3.03. The molecule has 2 aromatic carbocycles. The van der Waals surface area contributed by atoms with Gasteiger partial charge in [0, 0.05) is 22.9 Å². The number of anilines is 1. The highest BCUT2D eigenvalue weighted by Crippen LogP contribution is 2.31. The summed E-state index contributed by atoms with van der Waals surface area (Å²) in [5.41, 5.74) is 7.53. The van der Waals surface area contributed by atoms with E-state index in [1.165, 1.54) is 10.6 Å². The molecule has 0 bridgehead atoms. The maximum absolute atomic E-state index is 14.3. The summed E-state index contributed by atoms with van der Waals surface area (Å²) in [7, 11) is 0. The number of benzene rings is 2. The number of rotatable bonds is 3. The van der Waals surface area contributed by atoms with Crippen LogP contribution in [0, 0.1) is 17.5 Å². The van der Waals surface area contributed by atoms with Crippen LogP contribution < -0.4 is 5.73 Å². The summed E-state index contributed by atoms with van der Waals surface area (Å²) >= 11 is 0. The lowest BCUT2D eigenvalue weighted by Crippen LogP contribution is -2.05. The minimum atomic E-state index is -1.59. The van der Waals surface area contributed by atoms with Crippen molar-refractivity contribution in [2.75, 3.05) is 5.73 Å². The first kappa shape index (κ1) is 17.6. The van der Waals surface area contributed by atoms with Crippen molar-refractivity contribution in [3.63, 3.8) is 0 Å². The topological polar surface area (TPSA) is 75.9 Å². The van der Waals surface area contributed by atoms with Gasteiger partial charge in [-0.1, -0.05) is 35.5 Å². The van der Waals surface area contributed by atoms with Gasteiger partial charge in [-0.3, -0.25) is 4.40 Å². The SMILES string of the molecule is Nc1nc2ccc(C(=NO)c3ccccc3)cn2c1-c1ccc(F)c(F)c1F. The lowest BCUT2D eigenvalue weighted by molar-refractivity contribution is 0.319. The molecule has 4 aromatic rings. The molecule has 5 nitrogen and oxygen atoms in total. The lowest BCUT2D eigenvalue weighted by Gasteiger charge is -2.09. The fourth-order valence-electron chi connectivity index (χ4n) is 3.06. The lowest BCUT2D eigenvalue weighted by atomic mass is 10.0. The van der Waals surface area contributed by atoms with E-state index in [1.807, 2.05) is 6.07 Å². The third-order valence-corrected chi connectivity index (χ3v) is 4.36. The molecule has 0 amide bonds. The van der Waals surface area contributed by atoms with Gasteiger partial charge in [-0.05, 0) is 24.3 Å². The molecule has 0 fully saturated rings. The molecule has 3 N–H and O–H groups in total. The number of oxime groups is 1. The van der Waals surface area contributed by atoms with Crippen molar-refractivity contribution in [2.24, 2.45) is 5.16 Å². The third kappa shape index (κ3) is 2.75. The van der Waals surface area contributed by atoms with E-state index >= 15 is 0 Å². The van der Waals surface area contributed by atoms with E-state index in [9.17, 15) is 18.4 Å². The van der Waals surface area contributed by atoms with E-state index < -0.39 is 17.5 Å². The standard InChI is InChI=1S/C20H13F3N4O/c21-14-8-7-13(16(22)17(14)23)19-20(24)25-15-9-6-12(10-27(15)19)18(26-28)11-4-2-1-3-5-11/h1-10,28H,24H2. The number of imidazole rings is 1. The molecule has 28 heavy (non-hydrogen) atoms. The highest BCUT2D eigenvalue weighted by atomic mass is 19.2. The van der Waals surface area contributed by atoms with Crippen molar-refractivity contribution in [1.29, 1.82) is 0 Å². The normalized spacial score (nSPS) is 11.9. The van der Waals surface area contributed by atoms with Crippen LogP contribution in [-0.2, 0) is 0 Å². The second-order valence-corrected chi connectivity index (χ2v) is 6.03. The van der Waals surface area contributed by atoms with Crippen LogP contribution in [0.15, 0.2) is 65.9 Å². The fourth-order valence-corrected chi connectivity index (χ4v) is 3.06. The maximum Gasteiger partial charge on any atom is 0.195 e. The number of fused-ring (bicyclic) bond motifs is 1. The van der Waals surface area contributed by atoms with Crippen LogP contribution in [0.4, 0.5) is 19.0 Å². The Hall–Kier alpha value is -3.81. The predicted molar refractivity (Wildman–Crippen MR) is 98.8 cm³/mol. The van der Waals surface area contributed by atoms with Crippen LogP contribution >= 0.6 is 0 Å².